The van der Waals surface area contributed by atoms with Gasteiger partial charge in [0.05, 0.1) is 5.69 Å². The minimum Gasteiger partial charge on any atom is -0.468 e. The first-order chi connectivity index (χ1) is 8.47. The molecule has 1 atom stereocenters. The fourth-order valence-electron chi connectivity index (χ4n) is 1.76. The summed E-state index contributed by atoms with van der Waals surface area (Å²) in [4.78, 5) is 23.6. The molecule has 2 rings (SSSR count). The Labute approximate surface area is 106 Å². The molecule has 0 aromatic heterocycles. The number of benzene rings is 1. The van der Waals surface area contributed by atoms with Crippen LogP contribution in [0.15, 0.2) is 18.2 Å². The molecule has 1 unspecified atom stereocenters. The van der Waals surface area contributed by atoms with Crippen molar-refractivity contribution in [2.24, 2.45) is 0 Å². The van der Waals surface area contributed by atoms with Crippen molar-refractivity contribution in [1.82, 2.24) is 5.32 Å². The van der Waals surface area contributed by atoms with Crippen LogP contribution in [0.3, 0.4) is 0 Å². The van der Waals surface area contributed by atoms with E-state index in [9.17, 15) is 9.59 Å². The van der Waals surface area contributed by atoms with Gasteiger partial charge in [-0.05, 0) is 38.5 Å². The van der Waals surface area contributed by atoms with Gasteiger partial charge in [0.15, 0.2) is 0 Å². The number of anilines is 1. The van der Waals surface area contributed by atoms with E-state index in [0.29, 0.717) is 11.4 Å². The molecule has 0 aliphatic carbocycles. The highest BCUT2D eigenvalue weighted by Crippen LogP contribution is 2.30. The van der Waals surface area contributed by atoms with E-state index in [4.69, 9.17) is 4.74 Å². The van der Waals surface area contributed by atoms with E-state index in [1.807, 2.05) is 32.9 Å². The van der Waals surface area contributed by atoms with Crippen LogP contribution in [0, 0.1) is 6.92 Å². The van der Waals surface area contributed by atoms with Gasteiger partial charge in [-0.25, -0.2) is 0 Å². The molecule has 1 aliphatic heterocycles. The quantitative estimate of drug-likeness (QED) is 0.773. The van der Waals surface area contributed by atoms with Crippen molar-refractivity contribution in [3.63, 3.8) is 0 Å². The Hall–Kier alpha value is -2.04. The number of rotatable bonds is 2. The minimum absolute atomic E-state index is 0.0340. The predicted molar refractivity (Wildman–Crippen MR) is 67.5 cm³/mol. The third-order valence-electron chi connectivity index (χ3n) is 2.54. The molecule has 2 N–H and O–H groups in total. The molecule has 96 valence electrons. The molecule has 18 heavy (non-hydrogen) atoms. The first-order valence-electron chi connectivity index (χ1n) is 5.86. The van der Waals surface area contributed by atoms with Crippen molar-refractivity contribution < 1.29 is 14.3 Å². The van der Waals surface area contributed by atoms with Gasteiger partial charge >= 0.3 is 0 Å². The van der Waals surface area contributed by atoms with Gasteiger partial charge in [0.2, 0.25) is 0 Å². The molecule has 5 nitrogen and oxygen atoms in total. The van der Waals surface area contributed by atoms with Crippen LogP contribution in [0.25, 0.3) is 0 Å². The van der Waals surface area contributed by atoms with Crippen LogP contribution in [0.4, 0.5) is 5.69 Å². The molecule has 1 aromatic carbocycles. The standard InChI is InChI=1S/C13H16N2O3/c1-7(2)14-12(16)11-13(17)15-9-6-8(3)4-5-10(9)18-11/h4-7,11H,1-3H3,(H,14,16)(H,15,17). The van der Waals surface area contributed by atoms with E-state index in [-0.39, 0.29) is 6.04 Å². The van der Waals surface area contributed by atoms with Crippen molar-refractivity contribution in [2.75, 3.05) is 5.32 Å². The number of hydrogen-bond acceptors (Lipinski definition) is 3. The van der Waals surface area contributed by atoms with Gasteiger partial charge in [0, 0.05) is 6.04 Å². The smallest absolute Gasteiger partial charge is 0.275 e. The van der Waals surface area contributed by atoms with Gasteiger partial charge in [-0.2, -0.15) is 0 Å². The molecule has 0 spiro atoms. The highest BCUT2D eigenvalue weighted by molar-refractivity contribution is 6.11. The largest absolute Gasteiger partial charge is 0.468 e. The van der Waals surface area contributed by atoms with Gasteiger partial charge < -0.3 is 15.4 Å². The van der Waals surface area contributed by atoms with Crippen molar-refractivity contribution in [3.05, 3.63) is 23.8 Å². The zero-order valence-corrected chi connectivity index (χ0v) is 10.6. The minimum atomic E-state index is -1.12. The first kappa shape index (κ1) is 12.4. The van der Waals surface area contributed by atoms with Gasteiger partial charge in [-0.1, -0.05) is 6.07 Å². The first-order valence-corrected chi connectivity index (χ1v) is 5.86. The van der Waals surface area contributed by atoms with E-state index in [0.717, 1.165) is 5.56 Å². The second kappa shape index (κ2) is 4.68. The Morgan fingerprint density at radius 3 is 2.83 bits per heavy atom. The molecule has 0 saturated heterocycles. The Morgan fingerprint density at radius 1 is 1.44 bits per heavy atom. The lowest BCUT2D eigenvalue weighted by Gasteiger charge is -2.25. The molecule has 0 radical (unpaired) electrons. The summed E-state index contributed by atoms with van der Waals surface area (Å²) in [5.41, 5.74) is 1.62. The average molecular weight is 248 g/mol. The second-order valence-corrected chi connectivity index (χ2v) is 4.65. The Morgan fingerprint density at radius 2 is 2.17 bits per heavy atom. The predicted octanol–water partition coefficient (Wildman–Crippen LogP) is 1.22. The van der Waals surface area contributed by atoms with E-state index in [1.54, 1.807) is 6.07 Å². The summed E-state index contributed by atoms with van der Waals surface area (Å²) in [6, 6.07) is 5.39. The van der Waals surface area contributed by atoms with Crippen LogP contribution >= 0.6 is 0 Å². The summed E-state index contributed by atoms with van der Waals surface area (Å²) >= 11 is 0. The van der Waals surface area contributed by atoms with Gasteiger partial charge in [0.25, 0.3) is 17.9 Å². The average Bonchev–Trinajstić information content (AvgIpc) is 2.26. The molecule has 1 heterocycles. The molecular weight excluding hydrogens is 232 g/mol. The maximum absolute atomic E-state index is 11.8. The van der Waals surface area contributed by atoms with E-state index in [1.165, 1.54) is 0 Å². The highest BCUT2D eigenvalue weighted by Gasteiger charge is 2.34. The molecule has 0 fully saturated rings. The van der Waals surface area contributed by atoms with Crippen molar-refractivity contribution in [2.45, 2.75) is 32.9 Å². The monoisotopic (exact) mass is 248 g/mol. The number of carbonyl (C=O) groups excluding carboxylic acids is 2. The van der Waals surface area contributed by atoms with Crippen LogP contribution in [0.2, 0.25) is 0 Å². The topological polar surface area (TPSA) is 67.4 Å². The fraction of sp³-hybridized carbons (Fsp3) is 0.385. The maximum atomic E-state index is 11.8. The van der Waals surface area contributed by atoms with Crippen molar-refractivity contribution >= 4 is 17.5 Å². The van der Waals surface area contributed by atoms with E-state index >= 15 is 0 Å². The fourth-order valence-corrected chi connectivity index (χ4v) is 1.76. The summed E-state index contributed by atoms with van der Waals surface area (Å²) in [6.45, 7) is 5.58. The van der Waals surface area contributed by atoms with Crippen LogP contribution in [0.5, 0.6) is 5.75 Å². The lowest BCUT2D eigenvalue weighted by Crippen LogP contribution is -2.50. The molecule has 0 bridgehead atoms. The Bertz CT molecular complexity index is 497. The number of aryl methyl sites for hydroxylation is 1. The normalized spacial score (nSPS) is 17.8. The zero-order chi connectivity index (χ0) is 13.3. The number of fused-ring (bicyclic) bond motifs is 1. The summed E-state index contributed by atoms with van der Waals surface area (Å²) < 4.78 is 5.44. The number of nitrogens with one attached hydrogen (secondary N) is 2. The van der Waals surface area contributed by atoms with Crippen molar-refractivity contribution in [3.8, 4) is 5.75 Å². The van der Waals surface area contributed by atoms with Crippen LogP contribution in [-0.2, 0) is 9.59 Å². The van der Waals surface area contributed by atoms with Gasteiger partial charge in [-0.15, -0.1) is 0 Å². The summed E-state index contributed by atoms with van der Waals surface area (Å²) in [5.74, 6) is -0.343. The molecule has 1 aromatic rings. The van der Waals surface area contributed by atoms with E-state index in [2.05, 4.69) is 10.6 Å². The zero-order valence-electron chi connectivity index (χ0n) is 10.6. The second-order valence-electron chi connectivity index (χ2n) is 4.65. The number of hydrogen-bond donors (Lipinski definition) is 2. The molecular formula is C13H16N2O3. The number of ether oxygens (including phenoxy) is 1. The van der Waals surface area contributed by atoms with Gasteiger partial charge in [0.1, 0.15) is 5.75 Å². The summed E-state index contributed by atoms with van der Waals surface area (Å²) in [7, 11) is 0. The molecule has 5 heteroatoms. The lowest BCUT2D eigenvalue weighted by molar-refractivity contribution is -0.137. The van der Waals surface area contributed by atoms with Gasteiger partial charge in [-0.3, -0.25) is 9.59 Å². The number of carbonyl (C=O) groups is 2. The molecule has 2 amide bonds. The highest BCUT2D eigenvalue weighted by atomic mass is 16.5. The SMILES string of the molecule is Cc1ccc2c(c1)NC(=O)C(C(=O)NC(C)C)O2. The van der Waals surface area contributed by atoms with Crippen LogP contribution < -0.4 is 15.4 Å². The van der Waals surface area contributed by atoms with Crippen LogP contribution in [-0.4, -0.2) is 24.0 Å². The molecule has 0 saturated carbocycles. The summed E-state index contributed by atoms with van der Waals surface area (Å²) in [5, 5.41) is 5.34. The third-order valence-corrected chi connectivity index (χ3v) is 2.54. The molecule has 1 aliphatic rings. The van der Waals surface area contributed by atoms with Crippen molar-refractivity contribution in [1.29, 1.82) is 0 Å². The number of amides is 2. The Kier molecular flexibility index (Phi) is 3.23. The maximum Gasteiger partial charge on any atom is 0.275 e. The summed E-state index contributed by atoms with van der Waals surface area (Å²) in [6.07, 6.45) is -1.12. The third kappa shape index (κ3) is 2.45. The van der Waals surface area contributed by atoms with Crippen LogP contribution in [0.1, 0.15) is 19.4 Å². The lowest BCUT2D eigenvalue weighted by atomic mass is 10.1. The van der Waals surface area contributed by atoms with E-state index < -0.39 is 17.9 Å². The Balaban J connectivity index is 2.20.